The Bertz CT molecular complexity index is 240. The van der Waals surface area contributed by atoms with Crippen molar-refractivity contribution >= 4 is 40.0 Å². The van der Waals surface area contributed by atoms with E-state index in [1.807, 2.05) is 24.5 Å². The number of rotatable bonds is 1. The van der Waals surface area contributed by atoms with Crippen LogP contribution in [0.2, 0.25) is 0 Å². The van der Waals surface area contributed by atoms with Gasteiger partial charge < -0.3 is 4.98 Å². The summed E-state index contributed by atoms with van der Waals surface area (Å²) in [5, 5.41) is 0. The fraction of sp³-hybridized carbons (Fsp3) is 0.200. The molecule has 0 aliphatic carbocycles. The Morgan fingerprint density at radius 1 is 1.33 bits per heavy atom. The van der Waals surface area contributed by atoms with Crippen molar-refractivity contribution in [1.82, 2.24) is 4.98 Å². The fourth-order valence-corrected chi connectivity index (χ4v) is 0.278. The molecule has 1 heterocycles. The molecule has 0 saturated carbocycles. The largest absolute Gasteiger partial charge is 0.368 e. The van der Waals surface area contributed by atoms with Gasteiger partial charge in [-0.2, -0.15) is 8.42 Å². The first-order valence-corrected chi connectivity index (χ1v) is 4.03. The van der Waals surface area contributed by atoms with Crippen LogP contribution in [0.25, 0.3) is 0 Å². The van der Waals surface area contributed by atoms with E-state index in [0.717, 1.165) is 7.11 Å². The van der Waals surface area contributed by atoms with E-state index in [2.05, 4.69) is 9.17 Å². The molecule has 0 aliphatic rings. The van der Waals surface area contributed by atoms with Crippen LogP contribution in [0.1, 0.15) is 0 Å². The van der Waals surface area contributed by atoms with E-state index in [1.165, 1.54) is 0 Å². The molecule has 1 aromatic rings. The molecule has 12 heavy (non-hydrogen) atoms. The summed E-state index contributed by atoms with van der Waals surface area (Å²) in [5.41, 5.74) is 0. The van der Waals surface area contributed by atoms with Crippen molar-refractivity contribution in [1.29, 1.82) is 0 Å². The van der Waals surface area contributed by atoms with Crippen LogP contribution in [0.4, 0.5) is 0 Å². The Morgan fingerprint density at radius 3 is 1.75 bits per heavy atom. The molecule has 7 heteroatoms. The second kappa shape index (κ2) is 7.78. The molecule has 0 atom stereocenters. The van der Waals surface area contributed by atoms with Gasteiger partial charge in [-0.05, 0) is 12.1 Å². The van der Waals surface area contributed by atoms with Gasteiger partial charge in [0.2, 0.25) is 0 Å². The van der Waals surface area contributed by atoms with Gasteiger partial charge in [-0.1, -0.05) is 0 Å². The van der Waals surface area contributed by atoms with E-state index in [-0.39, 0.29) is 29.6 Å². The summed E-state index contributed by atoms with van der Waals surface area (Å²) in [6.45, 7) is 0. The van der Waals surface area contributed by atoms with Gasteiger partial charge in [0.15, 0.2) is 0 Å². The third-order valence-electron chi connectivity index (χ3n) is 0.707. The van der Waals surface area contributed by atoms with E-state index in [9.17, 15) is 8.42 Å². The van der Waals surface area contributed by atoms with Crippen LogP contribution in [0.5, 0.6) is 0 Å². The molecule has 0 spiro atoms. The van der Waals surface area contributed by atoms with Crippen LogP contribution < -0.4 is 0 Å². The second-order valence-electron chi connectivity index (χ2n) is 1.48. The molecule has 0 saturated heterocycles. The molecule has 1 aromatic heterocycles. The van der Waals surface area contributed by atoms with Crippen molar-refractivity contribution < 1.29 is 17.2 Å². The van der Waals surface area contributed by atoms with Gasteiger partial charge in [0, 0.05) is 12.4 Å². The monoisotopic (exact) mass is 203 g/mol. The molecular weight excluding hydrogens is 193 g/mol. The van der Waals surface area contributed by atoms with Crippen molar-refractivity contribution in [3.8, 4) is 0 Å². The maximum atomic E-state index is 9.33. The minimum absolute atomic E-state index is 0. The van der Waals surface area contributed by atoms with E-state index in [4.69, 9.17) is 4.55 Å². The number of H-pyrrole nitrogens is 1. The van der Waals surface area contributed by atoms with Crippen LogP contribution in [-0.4, -0.2) is 54.6 Å². The number of aromatic amines is 1. The average molecular weight is 203 g/mol. The average Bonchev–Trinajstić information content (AvgIpc) is 2.41. The van der Waals surface area contributed by atoms with Gasteiger partial charge in [-0.25, -0.2) is 0 Å². The first-order chi connectivity index (χ1) is 5.06. The van der Waals surface area contributed by atoms with Crippen molar-refractivity contribution in [3.63, 3.8) is 0 Å². The number of aromatic nitrogens is 1. The predicted molar refractivity (Wildman–Crippen MR) is 46.5 cm³/mol. The Kier molecular flexibility index (Phi) is 9.51. The SMILES string of the molecule is COS(=O)(=O)O.[NaH].c1cc[nH]c1. The number of hydrogen-bond acceptors (Lipinski definition) is 3. The molecule has 2 N–H and O–H groups in total. The van der Waals surface area contributed by atoms with Gasteiger partial charge in [0.05, 0.1) is 7.11 Å². The Labute approximate surface area is 93.4 Å². The second-order valence-corrected chi connectivity index (χ2v) is 2.67. The molecule has 0 radical (unpaired) electrons. The van der Waals surface area contributed by atoms with E-state index in [0.29, 0.717) is 0 Å². The Hall–Kier alpha value is 0.150. The van der Waals surface area contributed by atoms with Gasteiger partial charge in [0.1, 0.15) is 0 Å². The van der Waals surface area contributed by atoms with Crippen molar-refractivity contribution in [2.75, 3.05) is 7.11 Å². The summed E-state index contributed by atoms with van der Waals surface area (Å²) in [6, 6.07) is 3.89. The first-order valence-electron chi connectivity index (χ1n) is 2.67. The first kappa shape index (κ1) is 14.7. The van der Waals surface area contributed by atoms with E-state index in [1.54, 1.807) is 0 Å². The standard InChI is InChI=1S/C4H5N.CH4O4S.Na.H/c1-2-4-5-3-1;1-5-6(2,3)4;;/h1-5H;1H3,(H,2,3,4);;. The zero-order valence-electron chi connectivity index (χ0n) is 5.89. The third-order valence-corrected chi connectivity index (χ3v) is 1.13. The maximum absolute atomic E-state index is 9.33. The van der Waals surface area contributed by atoms with Crippen LogP contribution in [0.3, 0.4) is 0 Å². The summed E-state index contributed by atoms with van der Waals surface area (Å²) in [6.07, 6.45) is 3.75. The number of nitrogens with one attached hydrogen (secondary N) is 1. The zero-order valence-corrected chi connectivity index (χ0v) is 6.71. The van der Waals surface area contributed by atoms with E-state index >= 15 is 0 Å². The topological polar surface area (TPSA) is 79.4 Å². The van der Waals surface area contributed by atoms with Gasteiger partial charge >= 0.3 is 40.0 Å². The Morgan fingerprint density at radius 2 is 1.67 bits per heavy atom. The Balaban J connectivity index is 0. The van der Waals surface area contributed by atoms with Gasteiger partial charge in [-0.15, -0.1) is 0 Å². The maximum Gasteiger partial charge on any atom is 0.000496 e. The molecule has 0 fully saturated rings. The minimum atomic E-state index is -4.16. The van der Waals surface area contributed by atoms with Crippen molar-refractivity contribution in [3.05, 3.63) is 24.5 Å². The molecule has 5 nitrogen and oxygen atoms in total. The van der Waals surface area contributed by atoms with Crippen LogP contribution >= 0.6 is 0 Å². The summed E-state index contributed by atoms with van der Waals surface area (Å²) in [5.74, 6) is 0. The van der Waals surface area contributed by atoms with Crippen LogP contribution in [0, 0.1) is 0 Å². The molecule has 0 aliphatic heterocycles. The quantitative estimate of drug-likeness (QED) is 0.489. The number of hydrogen-bond donors (Lipinski definition) is 2. The molecule has 1 rings (SSSR count). The third kappa shape index (κ3) is 12.8. The minimum Gasteiger partial charge on any atom is -0.368 e. The molecular formula is C5H10NNaO4S. The van der Waals surface area contributed by atoms with Crippen LogP contribution in [0.15, 0.2) is 24.5 Å². The van der Waals surface area contributed by atoms with Crippen LogP contribution in [-0.2, 0) is 14.6 Å². The molecule has 0 unspecified atom stereocenters. The summed E-state index contributed by atoms with van der Waals surface area (Å²) in [7, 11) is -3.29. The zero-order chi connectivity index (χ0) is 8.74. The summed E-state index contributed by atoms with van der Waals surface area (Å²) in [4.78, 5) is 2.86. The molecule has 0 amide bonds. The summed E-state index contributed by atoms with van der Waals surface area (Å²) < 4.78 is 29.7. The molecule has 66 valence electrons. The predicted octanol–water partition coefficient (Wildman–Crippen LogP) is -0.198. The summed E-state index contributed by atoms with van der Waals surface area (Å²) >= 11 is 0. The van der Waals surface area contributed by atoms with Crippen molar-refractivity contribution in [2.45, 2.75) is 0 Å². The normalized spacial score (nSPS) is 9.17. The van der Waals surface area contributed by atoms with Gasteiger partial charge in [-0.3, -0.25) is 8.74 Å². The van der Waals surface area contributed by atoms with Gasteiger partial charge in [0.25, 0.3) is 0 Å². The smallest absolute Gasteiger partial charge is 0.000496 e. The fourth-order valence-electron chi connectivity index (χ4n) is 0.278. The van der Waals surface area contributed by atoms with Crippen molar-refractivity contribution in [2.24, 2.45) is 0 Å². The van der Waals surface area contributed by atoms with E-state index < -0.39 is 10.4 Å². The molecule has 0 aromatic carbocycles. The molecule has 0 bridgehead atoms.